The summed E-state index contributed by atoms with van der Waals surface area (Å²) in [5, 5.41) is 43.1. The topological polar surface area (TPSA) is 143 Å². The number of hydrogen-bond donors (Lipinski definition) is 4. The molecule has 2 rings (SSSR count). The zero-order chi connectivity index (χ0) is 38.7. The van der Waals surface area contributed by atoms with E-state index in [0.717, 1.165) is 57.8 Å². The molecule has 0 aliphatic carbocycles. The molecular formula is C42H74O9. The van der Waals surface area contributed by atoms with Gasteiger partial charge in [0.1, 0.15) is 0 Å². The first kappa shape index (κ1) is 45.4. The highest BCUT2D eigenvalue weighted by atomic mass is 16.6. The molecule has 0 amide bonds. The zero-order valence-corrected chi connectivity index (χ0v) is 33.8. The molecule has 2 heterocycles. The number of aliphatic hydroxyl groups excluding tert-OH is 4. The predicted octanol–water partition coefficient (Wildman–Crippen LogP) is 7.89. The Morgan fingerprint density at radius 1 is 0.863 bits per heavy atom. The van der Waals surface area contributed by atoms with E-state index in [1.807, 2.05) is 40.7 Å². The SMILES string of the molecule is COC(=O)CC[C@@H](C)C[C@H](C)C[C@H](C)C(=O)/C=C(\O)[C@H](C)C[C@H](C)C/C=C/[C@@H](C)[C@@H](O)[C@@H](C)[C@@H](O)C[C@@H]1CC[C@@](C)([C@H]2CC[C@@](C)([C@@H](C)O)O2)O1. The second-order valence-electron chi connectivity index (χ2n) is 17.3. The van der Waals surface area contributed by atoms with Gasteiger partial charge in [0.25, 0.3) is 0 Å². The van der Waals surface area contributed by atoms with Gasteiger partial charge < -0.3 is 34.6 Å². The summed E-state index contributed by atoms with van der Waals surface area (Å²) < 4.78 is 17.5. The maximum absolute atomic E-state index is 12.9. The van der Waals surface area contributed by atoms with Crippen LogP contribution >= 0.6 is 0 Å². The van der Waals surface area contributed by atoms with Crippen molar-refractivity contribution in [1.29, 1.82) is 0 Å². The molecule has 9 heteroatoms. The Hall–Kier alpha value is -1.78. The van der Waals surface area contributed by atoms with Gasteiger partial charge in [0, 0.05) is 36.2 Å². The van der Waals surface area contributed by atoms with Crippen LogP contribution in [0.3, 0.4) is 0 Å². The predicted molar refractivity (Wildman–Crippen MR) is 202 cm³/mol. The quantitative estimate of drug-likeness (QED) is 0.0380. The highest BCUT2D eigenvalue weighted by Gasteiger charge is 2.51. The number of methoxy groups -OCH3 is 1. The van der Waals surface area contributed by atoms with E-state index in [-0.39, 0.29) is 59.3 Å². The minimum Gasteiger partial charge on any atom is -0.512 e. The molecule has 51 heavy (non-hydrogen) atoms. The molecular weight excluding hydrogens is 648 g/mol. The maximum atomic E-state index is 12.9. The lowest BCUT2D eigenvalue weighted by atomic mass is 9.85. The van der Waals surface area contributed by atoms with E-state index in [0.29, 0.717) is 24.7 Å². The average molecular weight is 723 g/mol. The number of carbonyl (C=O) groups excluding carboxylic acids is 2. The summed E-state index contributed by atoms with van der Waals surface area (Å²) in [7, 11) is 1.40. The van der Waals surface area contributed by atoms with Crippen molar-refractivity contribution >= 4 is 11.8 Å². The van der Waals surface area contributed by atoms with Crippen LogP contribution in [0.2, 0.25) is 0 Å². The zero-order valence-electron chi connectivity index (χ0n) is 33.8. The normalized spacial score (nSPS) is 30.3. The molecule has 2 aliphatic heterocycles. The summed E-state index contributed by atoms with van der Waals surface area (Å²) >= 11 is 0. The van der Waals surface area contributed by atoms with Crippen LogP contribution in [0.5, 0.6) is 0 Å². The van der Waals surface area contributed by atoms with Crippen LogP contribution in [-0.4, -0.2) is 81.0 Å². The minimum atomic E-state index is -0.714. The first-order chi connectivity index (χ1) is 23.7. The minimum absolute atomic E-state index is 0.0586. The summed E-state index contributed by atoms with van der Waals surface area (Å²) in [5.74, 6) is -0.00889. The molecule has 0 aromatic carbocycles. The van der Waals surface area contributed by atoms with Crippen molar-refractivity contribution in [3.8, 4) is 0 Å². The lowest BCUT2D eigenvalue weighted by Crippen LogP contribution is -2.44. The number of carbonyl (C=O) groups is 2. The van der Waals surface area contributed by atoms with Gasteiger partial charge >= 0.3 is 5.97 Å². The summed E-state index contributed by atoms with van der Waals surface area (Å²) in [6, 6.07) is 0. The number of rotatable bonds is 22. The summed E-state index contributed by atoms with van der Waals surface area (Å²) in [6.45, 7) is 19.9. The summed E-state index contributed by atoms with van der Waals surface area (Å²) in [6.07, 6.45) is 11.4. The number of aliphatic hydroxyl groups is 4. The first-order valence-electron chi connectivity index (χ1n) is 19.8. The van der Waals surface area contributed by atoms with Crippen molar-refractivity contribution in [3.63, 3.8) is 0 Å². The molecule has 9 nitrogen and oxygen atoms in total. The number of allylic oxidation sites excluding steroid dienone is 3. The molecule has 0 bridgehead atoms. The fourth-order valence-corrected chi connectivity index (χ4v) is 8.11. The number of esters is 1. The molecule has 0 aromatic rings. The molecule has 2 fully saturated rings. The fraction of sp³-hybridized carbons (Fsp3) is 0.857. The standard InChI is InChI=1S/C42H74O9/c1-26(22-30(5)35(44)25-36(45)31(6)23-28(3)21-27(2)15-16-39(47)49-11)13-12-14-29(4)40(48)32(7)37(46)24-34-17-19-42(10,50-34)38-18-20-41(9,51-38)33(8)43/h12,14,25-34,37-38,40,43-44,46,48H,13,15-24H2,1-11H3/b14-12+,35-25-/t26-,27-,28+,29-,30-,31+,32+,33-,34+,37+,38-,40-,41+,42+/m1/s1. The van der Waals surface area contributed by atoms with E-state index < -0.39 is 29.5 Å². The van der Waals surface area contributed by atoms with Gasteiger partial charge in [0.2, 0.25) is 0 Å². The van der Waals surface area contributed by atoms with Crippen LogP contribution in [0.25, 0.3) is 0 Å². The third kappa shape index (κ3) is 14.2. The lowest BCUT2D eigenvalue weighted by molar-refractivity contribution is -0.172. The Labute approximate surface area is 309 Å². The Morgan fingerprint density at radius 3 is 2.12 bits per heavy atom. The Bertz CT molecular complexity index is 1140. The molecule has 2 aliphatic rings. The van der Waals surface area contributed by atoms with Gasteiger partial charge in [-0.3, -0.25) is 9.59 Å². The molecule has 14 atom stereocenters. The van der Waals surface area contributed by atoms with E-state index in [4.69, 9.17) is 14.2 Å². The molecule has 4 N–H and O–H groups in total. The van der Waals surface area contributed by atoms with Crippen LogP contribution in [0.1, 0.15) is 140 Å². The molecule has 0 radical (unpaired) electrons. The summed E-state index contributed by atoms with van der Waals surface area (Å²) in [4.78, 5) is 24.3. The summed E-state index contributed by atoms with van der Waals surface area (Å²) in [5.41, 5.74) is -1.00. The van der Waals surface area contributed by atoms with Gasteiger partial charge in [-0.2, -0.15) is 0 Å². The first-order valence-corrected chi connectivity index (χ1v) is 19.8. The molecule has 0 unspecified atom stereocenters. The second kappa shape index (κ2) is 20.6. The third-order valence-electron chi connectivity index (χ3n) is 12.1. The fourth-order valence-electron chi connectivity index (χ4n) is 8.11. The number of ether oxygens (including phenoxy) is 3. The van der Waals surface area contributed by atoms with Crippen LogP contribution in [0, 0.1) is 41.4 Å². The number of ketones is 1. The highest BCUT2D eigenvalue weighted by molar-refractivity contribution is 5.91. The van der Waals surface area contributed by atoms with Gasteiger partial charge in [-0.05, 0) is 103 Å². The van der Waals surface area contributed by atoms with Crippen molar-refractivity contribution in [2.45, 2.75) is 182 Å². The largest absolute Gasteiger partial charge is 0.512 e. The Morgan fingerprint density at radius 2 is 1.51 bits per heavy atom. The number of hydrogen-bond acceptors (Lipinski definition) is 9. The van der Waals surface area contributed by atoms with Crippen molar-refractivity contribution in [1.82, 2.24) is 0 Å². The highest BCUT2D eigenvalue weighted by Crippen LogP contribution is 2.45. The van der Waals surface area contributed by atoms with Crippen molar-refractivity contribution in [2.24, 2.45) is 41.4 Å². The maximum Gasteiger partial charge on any atom is 0.305 e. The van der Waals surface area contributed by atoms with Gasteiger partial charge in [-0.25, -0.2) is 0 Å². The van der Waals surface area contributed by atoms with Crippen LogP contribution in [0.4, 0.5) is 0 Å². The van der Waals surface area contributed by atoms with Crippen LogP contribution in [0.15, 0.2) is 24.0 Å². The van der Waals surface area contributed by atoms with Gasteiger partial charge in [0.15, 0.2) is 5.78 Å². The molecule has 0 saturated carbocycles. The van der Waals surface area contributed by atoms with Crippen LogP contribution in [-0.2, 0) is 23.8 Å². The Kier molecular flexibility index (Phi) is 18.3. The van der Waals surface area contributed by atoms with Crippen molar-refractivity contribution < 1.29 is 44.2 Å². The molecule has 296 valence electrons. The van der Waals surface area contributed by atoms with Gasteiger partial charge in [-0.1, -0.05) is 60.6 Å². The van der Waals surface area contributed by atoms with E-state index in [1.54, 1.807) is 6.92 Å². The molecule has 0 aromatic heterocycles. The average Bonchev–Trinajstić information content (AvgIpc) is 3.66. The molecule has 0 spiro atoms. The third-order valence-corrected chi connectivity index (χ3v) is 12.1. The monoisotopic (exact) mass is 723 g/mol. The second-order valence-corrected chi connectivity index (χ2v) is 17.3. The van der Waals surface area contributed by atoms with Gasteiger partial charge in [-0.15, -0.1) is 0 Å². The molecule has 2 saturated heterocycles. The van der Waals surface area contributed by atoms with Crippen molar-refractivity contribution in [2.75, 3.05) is 7.11 Å². The van der Waals surface area contributed by atoms with E-state index >= 15 is 0 Å². The van der Waals surface area contributed by atoms with Gasteiger partial charge in [0.05, 0.1) is 54.6 Å². The van der Waals surface area contributed by atoms with E-state index in [9.17, 15) is 30.0 Å². The Balaban J connectivity index is 1.76. The van der Waals surface area contributed by atoms with E-state index in [1.165, 1.54) is 13.2 Å². The van der Waals surface area contributed by atoms with Crippen molar-refractivity contribution in [3.05, 3.63) is 24.0 Å². The lowest BCUT2D eigenvalue weighted by Gasteiger charge is -2.35. The van der Waals surface area contributed by atoms with Crippen LogP contribution < -0.4 is 0 Å². The smallest absolute Gasteiger partial charge is 0.305 e. The van der Waals surface area contributed by atoms with E-state index in [2.05, 4.69) is 33.8 Å².